The van der Waals surface area contributed by atoms with Crippen LogP contribution in [-0.4, -0.2) is 23.6 Å². The zero-order chi connectivity index (χ0) is 12.3. The molecule has 0 bridgehead atoms. The zero-order valence-corrected chi connectivity index (χ0v) is 9.98. The van der Waals surface area contributed by atoms with Crippen molar-refractivity contribution >= 4 is 23.6 Å². The first-order valence-corrected chi connectivity index (χ1v) is 5.81. The molecule has 0 aliphatic carbocycles. The van der Waals surface area contributed by atoms with Crippen molar-refractivity contribution in [3.05, 3.63) is 29.9 Å². The molecular weight excluding hydrogens is 240 g/mol. The Kier molecular flexibility index (Phi) is 3.38. The van der Waals surface area contributed by atoms with Crippen LogP contribution in [0.5, 0.6) is 5.75 Å². The Labute approximate surface area is 103 Å². The number of carbonyl (C=O) groups excluding carboxylic acids is 1. The number of ether oxygens (including phenoxy) is 1. The molecule has 90 valence electrons. The Morgan fingerprint density at radius 1 is 1.71 bits per heavy atom. The number of nitrogens with zero attached hydrogens (tertiary/aromatic N) is 2. The summed E-state index contributed by atoms with van der Waals surface area (Å²) in [6, 6.07) is 2.97. The fraction of sp³-hybridized carbons (Fsp3) is 0.200. The largest absolute Gasteiger partial charge is 0.497 e. The number of anilines is 1. The van der Waals surface area contributed by atoms with Gasteiger partial charge in [-0.3, -0.25) is 0 Å². The smallest absolute Gasteiger partial charge is 0.314 e. The Hall–Kier alpha value is -1.89. The average molecular weight is 252 g/mol. The Bertz CT molecular complexity index is 452. The van der Waals surface area contributed by atoms with Crippen LogP contribution in [0.15, 0.2) is 29.9 Å². The molecule has 1 unspecified atom stereocenters. The third-order valence-electron chi connectivity index (χ3n) is 2.16. The van der Waals surface area contributed by atoms with Crippen LogP contribution in [0.2, 0.25) is 0 Å². The Morgan fingerprint density at radius 2 is 2.53 bits per heavy atom. The number of methoxy groups -OCH3 is 1. The number of pyridine rings is 1. The maximum atomic E-state index is 10.9. The molecule has 3 N–H and O–H groups in total. The van der Waals surface area contributed by atoms with Crippen molar-refractivity contribution in [2.75, 3.05) is 12.0 Å². The lowest BCUT2D eigenvalue weighted by molar-refractivity contribution is 0.248. The monoisotopic (exact) mass is 252 g/mol. The second kappa shape index (κ2) is 4.96. The van der Waals surface area contributed by atoms with E-state index in [1.54, 1.807) is 30.3 Å². The van der Waals surface area contributed by atoms with Gasteiger partial charge in [-0.05, 0) is 11.5 Å². The molecule has 1 aliphatic heterocycles. The van der Waals surface area contributed by atoms with E-state index >= 15 is 0 Å². The second-order valence-corrected chi connectivity index (χ2v) is 4.23. The summed E-state index contributed by atoms with van der Waals surface area (Å²) in [5.74, 6) is 1.39. The fourth-order valence-electron chi connectivity index (χ4n) is 1.41. The maximum absolute atomic E-state index is 10.9. The van der Waals surface area contributed by atoms with E-state index in [0.717, 1.165) is 0 Å². The molecule has 0 saturated carbocycles. The van der Waals surface area contributed by atoms with Crippen molar-refractivity contribution in [3.8, 4) is 5.75 Å². The van der Waals surface area contributed by atoms with Crippen LogP contribution in [-0.2, 0) is 0 Å². The van der Waals surface area contributed by atoms with Crippen molar-refractivity contribution in [1.82, 2.24) is 10.3 Å². The minimum Gasteiger partial charge on any atom is -0.497 e. The molecule has 0 fully saturated rings. The summed E-state index contributed by atoms with van der Waals surface area (Å²) < 4.78 is 5.12. The third-order valence-corrected chi connectivity index (χ3v) is 3.05. The van der Waals surface area contributed by atoms with E-state index in [4.69, 9.17) is 10.5 Å². The number of nitrogens with one attached hydrogen (secondary N) is 1. The van der Waals surface area contributed by atoms with E-state index in [-0.39, 0.29) is 5.50 Å². The van der Waals surface area contributed by atoms with Gasteiger partial charge in [0.15, 0.2) is 5.50 Å². The van der Waals surface area contributed by atoms with Gasteiger partial charge in [0.1, 0.15) is 11.6 Å². The molecule has 0 saturated heterocycles. The van der Waals surface area contributed by atoms with Crippen molar-refractivity contribution in [2.24, 2.45) is 5.73 Å². The number of aromatic nitrogens is 1. The molecule has 2 amide bonds. The first-order valence-electron chi connectivity index (χ1n) is 4.87. The SMILES string of the molecule is COc1ccnc(N2C=CSC2NC(N)=O)c1. The quantitative estimate of drug-likeness (QED) is 0.841. The molecule has 1 aliphatic rings. The topological polar surface area (TPSA) is 80.5 Å². The lowest BCUT2D eigenvalue weighted by Gasteiger charge is -2.23. The molecule has 7 heteroatoms. The summed E-state index contributed by atoms with van der Waals surface area (Å²) in [6.45, 7) is 0. The molecule has 1 atom stereocenters. The van der Waals surface area contributed by atoms with E-state index < -0.39 is 6.03 Å². The molecule has 0 aromatic carbocycles. The molecular formula is C10H12N4O2S. The molecule has 17 heavy (non-hydrogen) atoms. The summed E-state index contributed by atoms with van der Waals surface area (Å²) in [6.07, 6.45) is 3.47. The lowest BCUT2D eigenvalue weighted by Crippen LogP contribution is -2.44. The number of thioether (sulfide) groups is 1. The van der Waals surface area contributed by atoms with Crippen LogP contribution in [0.25, 0.3) is 0 Å². The van der Waals surface area contributed by atoms with Crippen LogP contribution >= 0.6 is 11.8 Å². The number of amides is 2. The molecule has 6 nitrogen and oxygen atoms in total. The third kappa shape index (κ3) is 2.62. The molecule has 1 aromatic heterocycles. The molecule has 1 aromatic rings. The number of primary amides is 1. The van der Waals surface area contributed by atoms with Crippen molar-refractivity contribution in [3.63, 3.8) is 0 Å². The average Bonchev–Trinajstić information content (AvgIpc) is 2.76. The number of carbonyl (C=O) groups is 1. The van der Waals surface area contributed by atoms with Crippen molar-refractivity contribution in [1.29, 1.82) is 0 Å². The predicted molar refractivity (Wildman–Crippen MR) is 66.5 cm³/mol. The first kappa shape index (κ1) is 11.6. The summed E-state index contributed by atoms with van der Waals surface area (Å²) in [5.41, 5.74) is 4.83. The number of hydrogen-bond donors (Lipinski definition) is 2. The summed E-state index contributed by atoms with van der Waals surface area (Å²) >= 11 is 1.44. The van der Waals surface area contributed by atoms with Gasteiger partial charge in [0, 0.05) is 18.5 Å². The van der Waals surface area contributed by atoms with Crippen LogP contribution in [0.1, 0.15) is 0 Å². The lowest BCUT2D eigenvalue weighted by atomic mass is 10.4. The molecule has 0 spiro atoms. The highest BCUT2D eigenvalue weighted by atomic mass is 32.2. The highest BCUT2D eigenvalue weighted by molar-refractivity contribution is 8.03. The number of rotatable bonds is 3. The van der Waals surface area contributed by atoms with Gasteiger partial charge in [-0.1, -0.05) is 11.8 Å². The first-order chi connectivity index (χ1) is 8.20. The summed E-state index contributed by atoms with van der Waals surface area (Å²) in [7, 11) is 1.59. The molecule has 2 rings (SSSR count). The van der Waals surface area contributed by atoms with Gasteiger partial charge in [0.25, 0.3) is 0 Å². The minimum absolute atomic E-state index is 0.271. The van der Waals surface area contributed by atoms with E-state index in [0.29, 0.717) is 11.6 Å². The summed E-state index contributed by atoms with van der Waals surface area (Å²) in [5, 5.41) is 4.48. The second-order valence-electron chi connectivity index (χ2n) is 3.24. The highest BCUT2D eigenvalue weighted by Gasteiger charge is 2.23. The van der Waals surface area contributed by atoms with Crippen LogP contribution < -0.4 is 20.7 Å². The normalized spacial score (nSPS) is 18.2. The van der Waals surface area contributed by atoms with Crippen LogP contribution in [0.3, 0.4) is 0 Å². The van der Waals surface area contributed by atoms with Crippen LogP contribution in [0, 0.1) is 0 Å². The van der Waals surface area contributed by atoms with Gasteiger partial charge >= 0.3 is 6.03 Å². The standard InChI is InChI=1S/C10H12N4O2S/c1-16-7-2-3-12-8(6-7)14-4-5-17-10(14)13-9(11)15/h2-6,10H,1H3,(H3,11,13,15). The zero-order valence-electron chi connectivity index (χ0n) is 9.16. The Balaban J connectivity index is 2.19. The van der Waals surface area contributed by atoms with Gasteiger partial charge in [-0.25, -0.2) is 9.78 Å². The van der Waals surface area contributed by atoms with Crippen molar-refractivity contribution < 1.29 is 9.53 Å². The van der Waals surface area contributed by atoms with E-state index in [1.807, 2.05) is 11.6 Å². The molecule has 2 heterocycles. The molecule has 0 radical (unpaired) electrons. The van der Waals surface area contributed by atoms with Gasteiger partial charge in [0.05, 0.1) is 7.11 Å². The van der Waals surface area contributed by atoms with Gasteiger partial charge < -0.3 is 20.7 Å². The number of nitrogens with two attached hydrogens (primary N) is 1. The van der Waals surface area contributed by atoms with Gasteiger partial charge in [-0.2, -0.15) is 0 Å². The highest BCUT2D eigenvalue weighted by Crippen LogP contribution is 2.29. The van der Waals surface area contributed by atoms with E-state index in [9.17, 15) is 4.79 Å². The number of urea groups is 1. The fourth-order valence-corrected chi connectivity index (χ4v) is 2.25. The van der Waals surface area contributed by atoms with E-state index in [1.165, 1.54) is 11.8 Å². The maximum Gasteiger partial charge on any atom is 0.314 e. The van der Waals surface area contributed by atoms with Gasteiger partial charge in [0.2, 0.25) is 0 Å². The Morgan fingerprint density at radius 3 is 3.24 bits per heavy atom. The number of hydrogen-bond acceptors (Lipinski definition) is 5. The minimum atomic E-state index is -0.570. The summed E-state index contributed by atoms with van der Waals surface area (Å²) in [4.78, 5) is 16.9. The van der Waals surface area contributed by atoms with E-state index in [2.05, 4.69) is 10.3 Å². The van der Waals surface area contributed by atoms with Crippen molar-refractivity contribution in [2.45, 2.75) is 5.50 Å². The van der Waals surface area contributed by atoms with Gasteiger partial charge in [-0.15, -0.1) is 0 Å². The van der Waals surface area contributed by atoms with Crippen LogP contribution in [0.4, 0.5) is 10.6 Å². The predicted octanol–water partition coefficient (Wildman–Crippen LogP) is 1.07.